The van der Waals surface area contributed by atoms with E-state index >= 15 is 0 Å². The molecule has 2 rings (SSSR count). The number of nitro groups is 1. The average Bonchev–Trinajstić information content (AvgIpc) is 2.52. The molecule has 0 spiro atoms. The third-order valence-electron chi connectivity index (χ3n) is 2.85. The Labute approximate surface area is 128 Å². The van der Waals surface area contributed by atoms with Crippen molar-refractivity contribution < 1.29 is 28.6 Å². The predicted molar refractivity (Wildman–Crippen MR) is 76.5 cm³/mol. The van der Waals surface area contributed by atoms with Crippen molar-refractivity contribution in [3.05, 3.63) is 28.3 Å². The van der Waals surface area contributed by atoms with Gasteiger partial charge in [0, 0.05) is 6.07 Å². The second-order valence-electron chi connectivity index (χ2n) is 4.42. The molecule has 0 saturated heterocycles. The first-order valence-corrected chi connectivity index (χ1v) is 7.04. The first-order chi connectivity index (χ1) is 10.8. The second kappa shape index (κ2) is 9.19. The summed E-state index contributed by atoms with van der Waals surface area (Å²) in [6.07, 6.45) is 0. The molecule has 1 aliphatic heterocycles. The third-order valence-corrected chi connectivity index (χ3v) is 2.85. The van der Waals surface area contributed by atoms with Crippen LogP contribution in [0.3, 0.4) is 0 Å². The summed E-state index contributed by atoms with van der Waals surface area (Å²) in [5, 5.41) is 10.8. The SMILES string of the molecule is O=[N+]([O-])c1ccc2c(c1)OCCOCCOCCOCCO2. The van der Waals surface area contributed by atoms with Crippen LogP contribution in [0.4, 0.5) is 5.69 Å². The Morgan fingerprint density at radius 3 is 1.82 bits per heavy atom. The summed E-state index contributed by atoms with van der Waals surface area (Å²) in [6.45, 7) is 3.29. The van der Waals surface area contributed by atoms with Crippen LogP contribution in [-0.4, -0.2) is 57.8 Å². The maximum atomic E-state index is 10.8. The molecule has 8 nitrogen and oxygen atoms in total. The van der Waals surface area contributed by atoms with Gasteiger partial charge in [0.25, 0.3) is 5.69 Å². The molecule has 0 bridgehead atoms. The lowest BCUT2D eigenvalue weighted by Gasteiger charge is -2.12. The van der Waals surface area contributed by atoms with Gasteiger partial charge in [-0.3, -0.25) is 10.1 Å². The van der Waals surface area contributed by atoms with Gasteiger partial charge in [0.05, 0.1) is 50.6 Å². The van der Waals surface area contributed by atoms with Gasteiger partial charge >= 0.3 is 0 Å². The molecule has 0 atom stereocenters. The number of nitro benzene ring substituents is 1. The average molecular weight is 313 g/mol. The number of fused-ring (bicyclic) bond motifs is 1. The predicted octanol–water partition coefficient (Wildman–Crippen LogP) is 1.42. The van der Waals surface area contributed by atoms with Crippen LogP contribution in [0.15, 0.2) is 18.2 Å². The molecule has 8 heteroatoms. The van der Waals surface area contributed by atoms with Crippen molar-refractivity contribution in [3.8, 4) is 11.5 Å². The van der Waals surface area contributed by atoms with Crippen molar-refractivity contribution >= 4 is 5.69 Å². The van der Waals surface area contributed by atoms with Crippen molar-refractivity contribution in [2.45, 2.75) is 0 Å². The molecule has 122 valence electrons. The largest absolute Gasteiger partial charge is 0.487 e. The van der Waals surface area contributed by atoms with Gasteiger partial charge in [-0.2, -0.15) is 0 Å². The Morgan fingerprint density at radius 1 is 0.773 bits per heavy atom. The fraction of sp³-hybridized carbons (Fsp3) is 0.571. The molecule has 0 aliphatic carbocycles. The summed E-state index contributed by atoms with van der Waals surface area (Å²) in [5.74, 6) is 0.768. The number of nitrogens with zero attached hydrogens (tertiary/aromatic N) is 1. The van der Waals surface area contributed by atoms with E-state index in [0.29, 0.717) is 57.7 Å². The van der Waals surface area contributed by atoms with E-state index in [4.69, 9.17) is 23.7 Å². The molecule has 1 aromatic carbocycles. The Morgan fingerprint density at radius 2 is 1.27 bits per heavy atom. The topological polar surface area (TPSA) is 89.3 Å². The highest BCUT2D eigenvalue weighted by Gasteiger charge is 2.13. The number of ether oxygens (including phenoxy) is 5. The van der Waals surface area contributed by atoms with Crippen molar-refractivity contribution in [3.63, 3.8) is 0 Å². The van der Waals surface area contributed by atoms with Crippen molar-refractivity contribution in [2.75, 3.05) is 52.9 Å². The van der Waals surface area contributed by atoms with Gasteiger partial charge in [-0.05, 0) is 6.07 Å². The molecule has 1 aliphatic rings. The highest BCUT2D eigenvalue weighted by atomic mass is 16.6. The fourth-order valence-corrected chi connectivity index (χ4v) is 1.81. The van der Waals surface area contributed by atoms with Gasteiger partial charge in [-0.1, -0.05) is 0 Å². The van der Waals surface area contributed by atoms with Gasteiger partial charge in [-0.25, -0.2) is 0 Å². The molecule has 0 amide bonds. The van der Waals surface area contributed by atoms with E-state index in [1.807, 2.05) is 0 Å². The van der Waals surface area contributed by atoms with Crippen LogP contribution in [0.5, 0.6) is 11.5 Å². The van der Waals surface area contributed by atoms with Crippen LogP contribution in [0.25, 0.3) is 0 Å². The molecule has 0 aromatic heterocycles. The van der Waals surface area contributed by atoms with Crippen molar-refractivity contribution in [1.82, 2.24) is 0 Å². The van der Waals surface area contributed by atoms with E-state index in [0.717, 1.165) is 0 Å². The first-order valence-electron chi connectivity index (χ1n) is 7.04. The van der Waals surface area contributed by atoms with Gasteiger partial charge < -0.3 is 23.7 Å². The summed E-state index contributed by atoms with van der Waals surface area (Å²) < 4.78 is 27.1. The van der Waals surface area contributed by atoms with Crippen LogP contribution in [0.2, 0.25) is 0 Å². The molecule has 0 radical (unpaired) electrons. The molecule has 1 heterocycles. The molecule has 0 fully saturated rings. The molecular formula is C14H19NO7. The van der Waals surface area contributed by atoms with Gasteiger partial charge in [0.15, 0.2) is 11.5 Å². The Kier molecular flexibility index (Phi) is 6.88. The quantitative estimate of drug-likeness (QED) is 0.572. The minimum absolute atomic E-state index is 0.0502. The van der Waals surface area contributed by atoms with Gasteiger partial charge in [-0.15, -0.1) is 0 Å². The van der Waals surface area contributed by atoms with E-state index in [1.54, 1.807) is 0 Å². The van der Waals surface area contributed by atoms with E-state index < -0.39 is 4.92 Å². The number of benzene rings is 1. The number of rotatable bonds is 1. The zero-order chi connectivity index (χ0) is 15.6. The lowest BCUT2D eigenvalue weighted by atomic mass is 10.3. The molecule has 1 aromatic rings. The number of non-ortho nitro benzene ring substituents is 1. The van der Waals surface area contributed by atoms with E-state index in [2.05, 4.69) is 0 Å². The molecule has 0 N–H and O–H groups in total. The highest BCUT2D eigenvalue weighted by molar-refractivity contribution is 5.48. The van der Waals surface area contributed by atoms with Gasteiger partial charge in [0.1, 0.15) is 13.2 Å². The maximum Gasteiger partial charge on any atom is 0.273 e. The third kappa shape index (κ3) is 5.47. The smallest absolute Gasteiger partial charge is 0.273 e. The minimum atomic E-state index is -0.476. The lowest BCUT2D eigenvalue weighted by molar-refractivity contribution is -0.385. The van der Waals surface area contributed by atoms with Crippen LogP contribution < -0.4 is 9.47 Å². The monoisotopic (exact) mass is 313 g/mol. The highest BCUT2D eigenvalue weighted by Crippen LogP contribution is 2.31. The Hall–Kier alpha value is -1.90. The molecule has 0 saturated carbocycles. The van der Waals surface area contributed by atoms with Crippen LogP contribution >= 0.6 is 0 Å². The Bertz CT molecular complexity index is 480. The standard InChI is InChI=1S/C14H19NO7/c16-15(17)12-1-2-13-14(11-12)22-10-8-20-6-4-18-3-5-19-7-9-21-13/h1-2,11H,3-10H2. The summed E-state index contributed by atoms with van der Waals surface area (Å²) in [4.78, 5) is 10.4. The van der Waals surface area contributed by atoms with Gasteiger partial charge in [0.2, 0.25) is 0 Å². The maximum absolute atomic E-state index is 10.8. The van der Waals surface area contributed by atoms with E-state index in [-0.39, 0.29) is 12.3 Å². The first kappa shape index (κ1) is 16.5. The Balaban J connectivity index is 2.02. The van der Waals surface area contributed by atoms with Crippen LogP contribution in [-0.2, 0) is 14.2 Å². The minimum Gasteiger partial charge on any atom is -0.487 e. The van der Waals surface area contributed by atoms with Crippen molar-refractivity contribution in [2.24, 2.45) is 0 Å². The zero-order valence-corrected chi connectivity index (χ0v) is 12.2. The molecule has 0 unspecified atom stereocenters. The van der Waals surface area contributed by atoms with Crippen LogP contribution in [0.1, 0.15) is 0 Å². The normalized spacial score (nSPS) is 18.0. The fourth-order valence-electron chi connectivity index (χ4n) is 1.81. The molecule has 22 heavy (non-hydrogen) atoms. The molecular weight excluding hydrogens is 294 g/mol. The van der Waals surface area contributed by atoms with E-state index in [1.165, 1.54) is 18.2 Å². The number of hydrogen-bond acceptors (Lipinski definition) is 7. The van der Waals surface area contributed by atoms with E-state index in [9.17, 15) is 10.1 Å². The zero-order valence-electron chi connectivity index (χ0n) is 12.2. The van der Waals surface area contributed by atoms with Crippen LogP contribution in [0, 0.1) is 10.1 Å². The summed E-state index contributed by atoms with van der Waals surface area (Å²) in [6, 6.07) is 4.24. The summed E-state index contributed by atoms with van der Waals surface area (Å²) >= 11 is 0. The van der Waals surface area contributed by atoms with Crippen molar-refractivity contribution in [1.29, 1.82) is 0 Å². The number of hydrogen-bond donors (Lipinski definition) is 0. The summed E-state index contributed by atoms with van der Waals surface area (Å²) in [5.41, 5.74) is -0.0502. The summed E-state index contributed by atoms with van der Waals surface area (Å²) in [7, 11) is 0. The second-order valence-corrected chi connectivity index (χ2v) is 4.42. The lowest BCUT2D eigenvalue weighted by Crippen LogP contribution is -2.13.